The summed E-state index contributed by atoms with van der Waals surface area (Å²) in [6.45, 7) is 6.62. The molecular weight excluding hydrogens is 281 g/mol. The summed E-state index contributed by atoms with van der Waals surface area (Å²) in [6.07, 6.45) is 2.00. The van der Waals surface area contributed by atoms with Crippen molar-refractivity contribution in [3.8, 4) is 0 Å². The van der Waals surface area contributed by atoms with Crippen LogP contribution in [0.1, 0.15) is 45.2 Å². The van der Waals surface area contributed by atoms with Gasteiger partial charge in [-0.1, -0.05) is 32.9 Å². The van der Waals surface area contributed by atoms with E-state index < -0.39 is 0 Å². The monoisotopic (exact) mass is 301 g/mol. The van der Waals surface area contributed by atoms with E-state index in [0.29, 0.717) is 4.47 Å². The molecule has 3 heteroatoms. The van der Waals surface area contributed by atoms with Crippen molar-refractivity contribution >= 4 is 15.9 Å². The minimum Gasteiger partial charge on any atom is -0.313 e. The summed E-state index contributed by atoms with van der Waals surface area (Å²) < 4.78 is 14.5. The van der Waals surface area contributed by atoms with Gasteiger partial charge in [0.15, 0.2) is 0 Å². The number of hydrogen-bond donors (Lipinski definition) is 1. The Bertz CT molecular complexity index is 371. The van der Waals surface area contributed by atoms with Gasteiger partial charge in [0.05, 0.1) is 4.47 Å². The number of hydrogen-bond acceptors (Lipinski definition) is 1. The molecule has 0 radical (unpaired) electrons. The maximum absolute atomic E-state index is 14.0. The molecule has 1 nitrogen and oxygen atoms in total. The fraction of sp³-hybridized carbons (Fsp3) is 0.571. The van der Waals surface area contributed by atoms with E-state index in [1.54, 1.807) is 6.07 Å². The Morgan fingerprint density at radius 3 is 2.53 bits per heavy atom. The zero-order valence-electron chi connectivity index (χ0n) is 11.0. The highest BCUT2D eigenvalue weighted by Crippen LogP contribution is 2.30. The maximum atomic E-state index is 14.0. The van der Waals surface area contributed by atoms with E-state index in [9.17, 15) is 4.39 Å². The lowest BCUT2D eigenvalue weighted by Crippen LogP contribution is -2.20. The predicted molar refractivity (Wildman–Crippen MR) is 74.6 cm³/mol. The summed E-state index contributed by atoms with van der Waals surface area (Å²) in [5.41, 5.74) is 1.02. The second kappa shape index (κ2) is 5.96. The molecule has 0 saturated carbocycles. The summed E-state index contributed by atoms with van der Waals surface area (Å²) in [7, 11) is 1.88. The predicted octanol–water partition coefficient (Wildman–Crippen LogP) is 4.68. The quantitative estimate of drug-likeness (QED) is 0.852. The first-order valence-corrected chi connectivity index (χ1v) is 6.75. The van der Waals surface area contributed by atoms with E-state index in [2.05, 4.69) is 42.0 Å². The van der Waals surface area contributed by atoms with Gasteiger partial charge in [-0.25, -0.2) is 4.39 Å². The van der Waals surface area contributed by atoms with Crippen molar-refractivity contribution in [2.45, 2.75) is 39.7 Å². The number of benzene rings is 1. The van der Waals surface area contributed by atoms with Gasteiger partial charge in [-0.15, -0.1) is 0 Å². The highest BCUT2D eigenvalue weighted by molar-refractivity contribution is 9.10. The zero-order chi connectivity index (χ0) is 13.1. The molecule has 96 valence electrons. The van der Waals surface area contributed by atoms with E-state index >= 15 is 0 Å². The highest BCUT2D eigenvalue weighted by Gasteiger charge is 2.18. The summed E-state index contributed by atoms with van der Waals surface area (Å²) in [5, 5.41) is 3.20. The second-order valence-corrected chi connectivity index (χ2v) is 6.44. The molecule has 0 bridgehead atoms. The lowest BCUT2D eigenvalue weighted by atomic mass is 9.87. The number of nitrogens with one attached hydrogen (secondary N) is 1. The molecule has 1 N–H and O–H groups in total. The normalized spacial score (nSPS) is 13.8. The third kappa shape index (κ3) is 4.40. The lowest BCUT2D eigenvalue weighted by Gasteiger charge is -2.23. The van der Waals surface area contributed by atoms with Crippen LogP contribution in [0, 0.1) is 11.2 Å². The molecular formula is C14H21BrFN. The smallest absolute Gasteiger partial charge is 0.142 e. The van der Waals surface area contributed by atoms with Gasteiger partial charge in [-0.05, 0) is 47.3 Å². The molecule has 1 atom stereocenters. The molecule has 1 rings (SSSR count). The van der Waals surface area contributed by atoms with E-state index in [1.165, 1.54) is 0 Å². The molecule has 0 amide bonds. The molecule has 0 aliphatic rings. The fourth-order valence-electron chi connectivity index (χ4n) is 1.82. The SMILES string of the molecule is CNC(CCC(C)(C)C)c1cccc(Br)c1F. The minimum absolute atomic E-state index is 0.0757. The first-order valence-electron chi connectivity index (χ1n) is 5.96. The van der Waals surface area contributed by atoms with Crippen LogP contribution in [0.4, 0.5) is 4.39 Å². The Kier molecular flexibility index (Phi) is 5.14. The Balaban J connectivity index is 2.83. The molecule has 0 fully saturated rings. The Labute approximate surface area is 112 Å². The van der Waals surface area contributed by atoms with Crippen LogP contribution in [-0.4, -0.2) is 7.05 Å². The van der Waals surface area contributed by atoms with Crippen molar-refractivity contribution in [2.24, 2.45) is 5.41 Å². The van der Waals surface area contributed by atoms with Gasteiger partial charge >= 0.3 is 0 Å². The lowest BCUT2D eigenvalue weighted by molar-refractivity contribution is 0.335. The van der Waals surface area contributed by atoms with E-state index in [-0.39, 0.29) is 17.3 Å². The van der Waals surface area contributed by atoms with Gasteiger partial charge < -0.3 is 5.32 Å². The van der Waals surface area contributed by atoms with Crippen LogP contribution in [0.15, 0.2) is 22.7 Å². The number of halogens is 2. The second-order valence-electron chi connectivity index (χ2n) is 5.58. The van der Waals surface area contributed by atoms with Gasteiger partial charge in [0.25, 0.3) is 0 Å². The van der Waals surface area contributed by atoms with Gasteiger partial charge in [0.2, 0.25) is 0 Å². The van der Waals surface area contributed by atoms with Crippen molar-refractivity contribution in [3.63, 3.8) is 0 Å². The largest absolute Gasteiger partial charge is 0.313 e. The summed E-state index contributed by atoms with van der Waals surface area (Å²) in [6, 6.07) is 5.54. The van der Waals surface area contributed by atoms with Gasteiger partial charge in [0.1, 0.15) is 5.82 Å². The van der Waals surface area contributed by atoms with Crippen LogP contribution in [0.3, 0.4) is 0 Å². The van der Waals surface area contributed by atoms with Crippen LogP contribution in [0.5, 0.6) is 0 Å². The minimum atomic E-state index is -0.152. The standard InChI is InChI=1S/C14H21BrFN/c1-14(2,3)9-8-12(17-4)10-6-5-7-11(15)13(10)16/h5-7,12,17H,8-9H2,1-4H3. The maximum Gasteiger partial charge on any atom is 0.142 e. The van der Waals surface area contributed by atoms with Crippen molar-refractivity contribution < 1.29 is 4.39 Å². The van der Waals surface area contributed by atoms with E-state index in [4.69, 9.17) is 0 Å². The average molecular weight is 302 g/mol. The molecule has 17 heavy (non-hydrogen) atoms. The molecule has 0 aliphatic carbocycles. The molecule has 1 unspecified atom stereocenters. The third-order valence-electron chi connectivity index (χ3n) is 2.89. The third-order valence-corrected chi connectivity index (χ3v) is 3.50. The molecule has 0 spiro atoms. The van der Waals surface area contributed by atoms with Crippen LogP contribution in [-0.2, 0) is 0 Å². The molecule has 1 aromatic rings. The molecule has 0 aromatic heterocycles. The van der Waals surface area contributed by atoms with Gasteiger partial charge in [0, 0.05) is 11.6 Å². The van der Waals surface area contributed by atoms with Crippen molar-refractivity contribution in [3.05, 3.63) is 34.1 Å². The Hall–Kier alpha value is -0.410. The summed E-state index contributed by atoms with van der Waals surface area (Å²) in [4.78, 5) is 0. The molecule has 0 saturated heterocycles. The van der Waals surface area contributed by atoms with Crippen LogP contribution in [0.2, 0.25) is 0 Å². The van der Waals surface area contributed by atoms with Gasteiger partial charge in [-0.3, -0.25) is 0 Å². The van der Waals surface area contributed by atoms with E-state index in [1.807, 2.05) is 19.2 Å². The van der Waals surface area contributed by atoms with Crippen molar-refractivity contribution in [2.75, 3.05) is 7.05 Å². The number of rotatable bonds is 4. The van der Waals surface area contributed by atoms with Gasteiger partial charge in [-0.2, -0.15) is 0 Å². The van der Waals surface area contributed by atoms with Crippen LogP contribution < -0.4 is 5.32 Å². The average Bonchev–Trinajstić information content (AvgIpc) is 2.23. The summed E-state index contributed by atoms with van der Waals surface area (Å²) in [5.74, 6) is -0.152. The highest BCUT2D eigenvalue weighted by atomic mass is 79.9. The molecule has 0 aliphatic heterocycles. The molecule has 0 heterocycles. The Morgan fingerprint density at radius 1 is 1.35 bits per heavy atom. The van der Waals surface area contributed by atoms with Crippen molar-refractivity contribution in [1.82, 2.24) is 5.32 Å². The van der Waals surface area contributed by atoms with E-state index in [0.717, 1.165) is 18.4 Å². The topological polar surface area (TPSA) is 12.0 Å². The zero-order valence-corrected chi connectivity index (χ0v) is 12.6. The molecule has 1 aromatic carbocycles. The van der Waals surface area contributed by atoms with Crippen LogP contribution >= 0.6 is 15.9 Å². The fourth-order valence-corrected chi connectivity index (χ4v) is 2.20. The first-order chi connectivity index (χ1) is 7.85. The van der Waals surface area contributed by atoms with Crippen LogP contribution in [0.25, 0.3) is 0 Å². The first kappa shape index (κ1) is 14.7. The van der Waals surface area contributed by atoms with Crippen molar-refractivity contribution in [1.29, 1.82) is 0 Å². The Morgan fingerprint density at radius 2 is 2.00 bits per heavy atom. The summed E-state index contributed by atoms with van der Waals surface area (Å²) >= 11 is 3.23.